The summed E-state index contributed by atoms with van der Waals surface area (Å²) in [6.45, 7) is 1.89. The smallest absolute Gasteiger partial charge is 0.348 e. The van der Waals surface area contributed by atoms with Gasteiger partial charge in [-0.15, -0.1) is 23.7 Å². The first kappa shape index (κ1) is 11.5. The summed E-state index contributed by atoms with van der Waals surface area (Å²) in [5.74, 6) is -0.223. The van der Waals surface area contributed by atoms with Crippen LogP contribution in [-0.4, -0.2) is 19.6 Å². The van der Waals surface area contributed by atoms with E-state index in [0.29, 0.717) is 0 Å². The summed E-state index contributed by atoms with van der Waals surface area (Å²) in [6, 6.07) is 1.95. The molecule has 0 aromatic carbocycles. The number of rotatable bonds is 1. The fourth-order valence-corrected chi connectivity index (χ4v) is 2.55. The molecule has 1 aromatic rings. The second-order valence-electron chi connectivity index (χ2n) is 2.98. The number of esters is 1. The molecule has 1 aromatic heterocycles. The molecule has 0 bridgehead atoms. The van der Waals surface area contributed by atoms with E-state index in [2.05, 4.69) is 10.1 Å². The van der Waals surface area contributed by atoms with E-state index in [9.17, 15) is 4.79 Å². The number of hydrogen-bond donors (Lipinski definition) is 1. The van der Waals surface area contributed by atoms with Gasteiger partial charge >= 0.3 is 5.97 Å². The van der Waals surface area contributed by atoms with Crippen LogP contribution in [0.25, 0.3) is 0 Å². The van der Waals surface area contributed by atoms with E-state index in [0.717, 1.165) is 24.4 Å². The molecular weight excluding hydrogens is 222 g/mol. The van der Waals surface area contributed by atoms with Crippen LogP contribution in [0.3, 0.4) is 0 Å². The normalized spacial score (nSPS) is 14.1. The predicted octanol–water partition coefficient (Wildman–Crippen LogP) is 1.60. The van der Waals surface area contributed by atoms with E-state index in [1.54, 1.807) is 0 Å². The summed E-state index contributed by atoms with van der Waals surface area (Å²) in [5.41, 5.74) is 1.30. The van der Waals surface area contributed by atoms with Crippen LogP contribution in [-0.2, 0) is 17.7 Å². The first-order valence-corrected chi connectivity index (χ1v) is 5.03. The van der Waals surface area contributed by atoms with Gasteiger partial charge in [0.2, 0.25) is 0 Å². The van der Waals surface area contributed by atoms with Gasteiger partial charge in [-0.05, 0) is 24.6 Å². The molecule has 0 aliphatic carbocycles. The topological polar surface area (TPSA) is 38.3 Å². The van der Waals surface area contributed by atoms with Crippen molar-refractivity contribution < 1.29 is 9.53 Å². The predicted molar refractivity (Wildman–Crippen MR) is 58.3 cm³/mol. The minimum Gasteiger partial charge on any atom is -0.465 e. The maximum absolute atomic E-state index is 11.2. The van der Waals surface area contributed by atoms with Crippen molar-refractivity contribution in [3.05, 3.63) is 21.4 Å². The number of fused-ring (bicyclic) bond motifs is 1. The third-order valence-electron chi connectivity index (χ3n) is 2.14. The van der Waals surface area contributed by atoms with Gasteiger partial charge < -0.3 is 10.1 Å². The van der Waals surface area contributed by atoms with Crippen molar-refractivity contribution in [1.82, 2.24) is 5.32 Å². The standard InChI is InChI=1S/C9H11NO2S.ClH/c1-12-9(11)7-4-6-2-3-10-5-8(6)13-7;/h4,10H,2-3,5H2,1H3;1H. The average Bonchev–Trinajstić information content (AvgIpc) is 2.59. The number of carbonyl (C=O) groups excluding carboxylic acids is 1. The van der Waals surface area contributed by atoms with Gasteiger partial charge in [0.1, 0.15) is 4.88 Å². The highest BCUT2D eigenvalue weighted by Crippen LogP contribution is 2.25. The Morgan fingerprint density at radius 3 is 3.07 bits per heavy atom. The van der Waals surface area contributed by atoms with Crippen molar-refractivity contribution in [2.24, 2.45) is 0 Å². The number of carbonyl (C=O) groups is 1. The van der Waals surface area contributed by atoms with E-state index < -0.39 is 0 Å². The lowest BCUT2D eigenvalue weighted by molar-refractivity contribution is 0.0606. The highest BCUT2D eigenvalue weighted by atomic mass is 35.5. The Morgan fingerprint density at radius 2 is 2.43 bits per heavy atom. The van der Waals surface area contributed by atoms with Crippen LogP contribution in [0, 0.1) is 0 Å². The minimum atomic E-state index is -0.223. The average molecular weight is 234 g/mol. The minimum absolute atomic E-state index is 0. The van der Waals surface area contributed by atoms with Gasteiger partial charge in [-0.25, -0.2) is 4.79 Å². The van der Waals surface area contributed by atoms with Gasteiger partial charge in [0, 0.05) is 11.4 Å². The maximum Gasteiger partial charge on any atom is 0.348 e. The van der Waals surface area contributed by atoms with Crippen LogP contribution >= 0.6 is 23.7 Å². The summed E-state index contributed by atoms with van der Waals surface area (Å²) in [6.07, 6.45) is 1.02. The molecule has 0 atom stereocenters. The number of ether oxygens (including phenoxy) is 1. The number of hydrogen-bond acceptors (Lipinski definition) is 4. The van der Waals surface area contributed by atoms with Crippen molar-refractivity contribution in [3.8, 4) is 0 Å². The first-order chi connectivity index (χ1) is 6.31. The van der Waals surface area contributed by atoms with Crippen LogP contribution in [0.4, 0.5) is 0 Å². The summed E-state index contributed by atoms with van der Waals surface area (Å²) in [5, 5.41) is 3.27. The van der Waals surface area contributed by atoms with Gasteiger partial charge in [0.15, 0.2) is 0 Å². The van der Waals surface area contributed by atoms with Crippen molar-refractivity contribution >= 4 is 29.7 Å². The van der Waals surface area contributed by atoms with Crippen molar-refractivity contribution in [2.75, 3.05) is 13.7 Å². The Balaban J connectivity index is 0.000000980. The molecule has 0 spiro atoms. The number of nitrogens with one attached hydrogen (secondary N) is 1. The molecule has 0 radical (unpaired) electrons. The van der Waals surface area contributed by atoms with Gasteiger partial charge in [0.25, 0.3) is 0 Å². The number of thiophene rings is 1. The molecule has 2 rings (SSSR count). The van der Waals surface area contributed by atoms with E-state index in [4.69, 9.17) is 0 Å². The molecule has 0 saturated heterocycles. The Kier molecular flexibility index (Phi) is 3.92. The molecule has 78 valence electrons. The molecule has 14 heavy (non-hydrogen) atoms. The molecule has 1 N–H and O–H groups in total. The molecule has 0 amide bonds. The molecule has 5 heteroatoms. The Labute approximate surface area is 92.9 Å². The van der Waals surface area contributed by atoms with E-state index in [1.165, 1.54) is 28.9 Å². The van der Waals surface area contributed by atoms with E-state index in [-0.39, 0.29) is 18.4 Å². The van der Waals surface area contributed by atoms with Crippen LogP contribution in [0.2, 0.25) is 0 Å². The molecule has 0 saturated carbocycles. The molecule has 3 nitrogen and oxygen atoms in total. The van der Waals surface area contributed by atoms with Gasteiger partial charge in [-0.3, -0.25) is 0 Å². The maximum atomic E-state index is 11.2. The summed E-state index contributed by atoms with van der Waals surface area (Å²) in [4.78, 5) is 13.2. The molecule has 2 heterocycles. The third kappa shape index (κ3) is 2.08. The highest BCUT2D eigenvalue weighted by Gasteiger charge is 2.16. The fraction of sp³-hybridized carbons (Fsp3) is 0.444. The molecule has 0 unspecified atom stereocenters. The van der Waals surface area contributed by atoms with Crippen molar-refractivity contribution in [3.63, 3.8) is 0 Å². The monoisotopic (exact) mass is 233 g/mol. The number of methoxy groups -OCH3 is 1. The highest BCUT2D eigenvalue weighted by molar-refractivity contribution is 7.14. The molecule has 1 aliphatic heterocycles. The second kappa shape index (κ2) is 4.77. The van der Waals surface area contributed by atoms with Gasteiger partial charge in [-0.2, -0.15) is 0 Å². The lowest BCUT2D eigenvalue weighted by Crippen LogP contribution is -2.21. The zero-order valence-corrected chi connectivity index (χ0v) is 9.46. The summed E-state index contributed by atoms with van der Waals surface area (Å²) >= 11 is 1.53. The first-order valence-electron chi connectivity index (χ1n) is 4.22. The molecular formula is C9H12ClNO2S. The van der Waals surface area contributed by atoms with Crippen LogP contribution in [0.15, 0.2) is 6.07 Å². The largest absolute Gasteiger partial charge is 0.465 e. The lowest BCUT2D eigenvalue weighted by atomic mass is 10.1. The Hall–Kier alpha value is -0.580. The fourth-order valence-electron chi connectivity index (χ4n) is 1.45. The molecule has 0 fully saturated rings. The van der Waals surface area contributed by atoms with E-state index >= 15 is 0 Å². The van der Waals surface area contributed by atoms with Crippen molar-refractivity contribution in [1.29, 1.82) is 0 Å². The summed E-state index contributed by atoms with van der Waals surface area (Å²) < 4.78 is 4.67. The van der Waals surface area contributed by atoms with Gasteiger partial charge in [0.05, 0.1) is 7.11 Å². The van der Waals surface area contributed by atoms with Crippen LogP contribution in [0.1, 0.15) is 20.1 Å². The third-order valence-corrected chi connectivity index (χ3v) is 3.30. The van der Waals surface area contributed by atoms with Gasteiger partial charge in [-0.1, -0.05) is 0 Å². The summed E-state index contributed by atoms with van der Waals surface area (Å²) in [7, 11) is 1.42. The van der Waals surface area contributed by atoms with Crippen molar-refractivity contribution in [2.45, 2.75) is 13.0 Å². The lowest BCUT2D eigenvalue weighted by Gasteiger charge is -2.10. The zero-order chi connectivity index (χ0) is 9.26. The molecule has 1 aliphatic rings. The van der Waals surface area contributed by atoms with Crippen LogP contribution < -0.4 is 5.32 Å². The number of halogens is 1. The quantitative estimate of drug-likeness (QED) is 0.749. The second-order valence-corrected chi connectivity index (χ2v) is 4.11. The van der Waals surface area contributed by atoms with Crippen LogP contribution in [0.5, 0.6) is 0 Å². The zero-order valence-electron chi connectivity index (χ0n) is 7.83. The Morgan fingerprint density at radius 1 is 1.64 bits per heavy atom. The Bertz CT molecular complexity index is 314. The van der Waals surface area contributed by atoms with E-state index in [1.807, 2.05) is 6.07 Å². The SMILES string of the molecule is COC(=O)c1cc2c(s1)CNCC2.Cl.